The average Bonchev–Trinajstić information content (AvgIpc) is 2.56. The molecule has 0 atom stereocenters. The van der Waals surface area contributed by atoms with Gasteiger partial charge in [-0.2, -0.15) is 0 Å². The van der Waals surface area contributed by atoms with Gasteiger partial charge in [-0.1, -0.05) is 49.0 Å². The molecular weight excluding hydrogens is 407 g/mol. The smallest absolute Gasteiger partial charge is 0.238 e. The Morgan fingerprint density at radius 3 is 2.33 bits per heavy atom. The van der Waals surface area contributed by atoms with Gasteiger partial charge in [0.05, 0.1) is 15.8 Å². The van der Waals surface area contributed by atoms with Crippen LogP contribution in [-0.2, 0) is 21.2 Å². The van der Waals surface area contributed by atoms with Crippen LogP contribution in [-0.4, -0.2) is 62.8 Å². The van der Waals surface area contributed by atoms with Gasteiger partial charge < -0.3 is 9.80 Å². The van der Waals surface area contributed by atoms with Crippen LogP contribution < -0.4 is 0 Å². The maximum absolute atomic E-state index is 12.7. The van der Waals surface area contributed by atoms with E-state index >= 15 is 0 Å². The molecule has 0 saturated heterocycles. The fourth-order valence-corrected chi connectivity index (χ4v) is 4.32. The molecule has 0 aliphatic rings. The molecule has 0 fully saturated rings. The lowest BCUT2D eigenvalue weighted by atomic mass is 10.2. The van der Waals surface area contributed by atoms with Gasteiger partial charge in [0.1, 0.15) is 5.75 Å². The molecule has 0 aliphatic heterocycles. The Labute approximate surface area is 173 Å². The lowest BCUT2D eigenvalue weighted by molar-refractivity contribution is -0.129. The molecule has 0 aliphatic carbocycles. The second-order valence-corrected chi connectivity index (χ2v) is 10.0. The summed E-state index contributed by atoms with van der Waals surface area (Å²) >= 11 is 12.0. The van der Waals surface area contributed by atoms with E-state index in [1.807, 2.05) is 25.9 Å². The van der Waals surface area contributed by atoms with Gasteiger partial charge in [0.2, 0.25) is 5.91 Å². The first kappa shape index (κ1) is 24.2. The molecule has 1 aromatic carbocycles. The van der Waals surface area contributed by atoms with Crippen molar-refractivity contribution < 1.29 is 13.2 Å². The average molecular weight is 437 g/mol. The van der Waals surface area contributed by atoms with Crippen LogP contribution >= 0.6 is 23.2 Å². The van der Waals surface area contributed by atoms with Crippen LogP contribution in [0.4, 0.5) is 0 Å². The zero-order valence-corrected chi connectivity index (χ0v) is 18.7. The van der Waals surface area contributed by atoms with E-state index in [4.69, 9.17) is 23.2 Å². The predicted octanol–water partition coefficient (Wildman–Crippen LogP) is 3.88. The third-order valence-corrected chi connectivity index (χ3v) is 6.48. The van der Waals surface area contributed by atoms with E-state index in [-0.39, 0.29) is 11.7 Å². The largest absolute Gasteiger partial charge is 0.337 e. The summed E-state index contributed by atoms with van der Waals surface area (Å²) in [6, 6.07) is 5.20. The molecule has 0 spiro atoms. The van der Waals surface area contributed by atoms with Crippen LogP contribution in [0.5, 0.6) is 0 Å². The van der Waals surface area contributed by atoms with E-state index in [0.717, 1.165) is 31.4 Å². The number of hydrogen-bond donors (Lipinski definition) is 0. The van der Waals surface area contributed by atoms with Crippen LogP contribution in [0.25, 0.3) is 0 Å². The molecule has 0 saturated carbocycles. The number of amides is 1. The fourth-order valence-electron chi connectivity index (χ4n) is 2.65. The van der Waals surface area contributed by atoms with Crippen molar-refractivity contribution in [3.63, 3.8) is 0 Å². The van der Waals surface area contributed by atoms with Crippen molar-refractivity contribution in [3.8, 4) is 0 Å². The molecule has 1 amide bonds. The monoisotopic (exact) mass is 436 g/mol. The van der Waals surface area contributed by atoms with Gasteiger partial charge in [-0.05, 0) is 51.2 Å². The number of carbonyl (C=O) groups excluding carboxylic acids is 1. The summed E-state index contributed by atoms with van der Waals surface area (Å²) < 4.78 is 24.5. The Morgan fingerprint density at radius 2 is 1.74 bits per heavy atom. The molecule has 5 nitrogen and oxygen atoms in total. The minimum atomic E-state index is -3.40. The van der Waals surface area contributed by atoms with Crippen LogP contribution in [0.2, 0.25) is 10.0 Å². The Hall–Kier alpha value is -0.820. The summed E-state index contributed by atoms with van der Waals surface area (Å²) in [4.78, 5) is 16.3. The van der Waals surface area contributed by atoms with Crippen LogP contribution in [0, 0.1) is 0 Å². The van der Waals surface area contributed by atoms with Gasteiger partial charge in [0.25, 0.3) is 0 Å². The molecule has 1 rings (SSSR count). The van der Waals surface area contributed by atoms with E-state index in [9.17, 15) is 13.2 Å². The second-order valence-electron chi connectivity index (χ2n) is 7.02. The van der Waals surface area contributed by atoms with Gasteiger partial charge in [-0.15, -0.1) is 0 Å². The highest BCUT2D eigenvalue weighted by Gasteiger charge is 2.22. The Bertz CT molecular complexity index is 709. The van der Waals surface area contributed by atoms with E-state index in [0.29, 0.717) is 29.6 Å². The van der Waals surface area contributed by atoms with E-state index in [1.54, 1.807) is 23.1 Å². The number of halogens is 2. The van der Waals surface area contributed by atoms with E-state index < -0.39 is 15.6 Å². The van der Waals surface area contributed by atoms with Crippen LogP contribution in [0.1, 0.15) is 38.2 Å². The number of carbonyl (C=O) groups is 1. The molecule has 8 heteroatoms. The molecule has 0 radical (unpaired) electrons. The summed E-state index contributed by atoms with van der Waals surface area (Å²) in [6.07, 6.45) is 3.15. The molecule has 154 valence electrons. The first-order chi connectivity index (χ1) is 12.6. The summed E-state index contributed by atoms with van der Waals surface area (Å²) in [5.41, 5.74) is 0.825. The maximum Gasteiger partial charge on any atom is 0.238 e. The van der Waals surface area contributed by atoms with Crippen molar-refractivity contribution in [2.45, 2.75) is 39.2 Å². The van der Waals surface area contributed by atoms with Crippen LogP contribution in [0.15, 0.2) is 18.2 Å². The second kappa shape index (κ2) is 11.9. The Morgan fingerprint density at radius 1 is 1.04 bits per heavy atom. The highest BCUT2D eigenvalue weighted by atomic mass is 35.5. The highest BCUT2D eigenvalue weighted by Crippen LogP contribution is 2.23. The number of hydrogen-bond acceptors (Lipinski definition) is 4. The Balaban J connectivity index is 2.82. The lowest BCUT2D eigenvalue weighted by Gasteiger charge is -2.24. The number of rotatable bonds is 12. The van der Waals surface area contributed by atoms with Crippen LogP contribution in [0.3, 0.4) is 0 Å². The minimum Gasteiger partial charge on any atom is -0.337 e. The fraction of sp³-hybridized carbons (Fsp3) is 0.632. The van der Waals surface area contributed by atoms with Crippen molar-refractivity contribution in [2.75, 3.05) is 38.7 Å². The minimum absolute atomic E-state index is 0.0604. The molecule has 27 heavy (non-hydrogen) atoms. The number of sulfone groups is 1. The number of benzene rings is 1. The van der Waals surface area contributed by atoms with Gasteiger partial charge in [0.15, 0.2) is 9.84 Å². The number of unbranched alkanes of at least 4 members (excludes halogenated alkanes) is 2. The molecule has 0 N–H and O–H groups in total. The Kier molecular flexibility index (Phi) is 10.7. The quantitative estimate of drug-likeness (QED) is 0.466. The van der Waals surface area contributed by atoms with Crippen molar-refractivity contribution in [2.24, 2.45) is 0 Å². The SMILES string of the molecule is CCCCCS(=O)(=O)CC(=O)N(CCCN(C)C)Cc1ccc(Cl)c(Cl)c1. The standard InChI is InChI=1S/C19H30Cl2N2O3S/c1-4-5-6-12-27(25,26)15-19(24)23(11-7-10-22(2)3)14-16-8-9-17(20)18(21)13-16/h8-9,13H,4-7,10-12,14-15H2,1-3H3. The maximum atomic E-state index is 12.7. The number of nitrogens with zero attached hydrogens (tertiary/aromatic N) is 2. The zero-order chi connectivity index (χ0) is 20.4. The van der Waals surface area contributed by atoms with Crippen molar-refractivity contribution >= 4 is 38.9 Å². The predicted molar refractivity (Wildman–Crippen MR) is 113 cm³/mol. The van der Waals surface area contributed by atoms with Gasteiger partial charge in [-0.3, -0.25) is 4.79 Å². The van der Waals surface area contributed by atoms with E-state index in [1.165, 1.54) is 0 Å². The molecular formula is C19H30Cl2N2O3S. The molecule has 0 heterocycles. The van der Waals surface area contributed by atoms with Gasteiger partial charge in [-0.25, -0.2) is 8.42 Å². The van der Waals surface area contributed by atoms with E-state index in [2.05, 4.69) is 0 Å². The first-order valence-corrected chi connectivity index (χ1v) is 11.8. The topological polar surface area (TPSA) is 57.7 Å². The molecule has 0 aromatic heterocycles. The van der Waals surface area contributed by atoms with Crippen molar-refractivity contribution in [1.29, 1.82) is 0 Å². The van der Waals surface area contributed by atoms with Gasteiger partial charge >= 0.3 is 0 Å². The lowest BCUT2D eigenvalue weighted by Crippen LogP contribution is -2.37. The summed E-state index contributed by atoms with van der Waals surface area (Å²) in [5.74, 6) is -0.749. The summed E-state index contributed by atoms with van der Waals surface area (Å²) in [5, 5.41) is 0.867. The summed E-state index contributed by atoms with van der Waals surface area (Å²) in [7, 11) is 0.528. The third kappa shape index (κ3) is 9.79. The van der Waals surface area contributed by atoms with Gasteiger partial charge in [0, 0.05) is 13.1 Å². The van der Waals surface area contributed by atoms with Crippen molar-refractivity contribution in [3.05, 3.63) is 33.8 Å². The summed E-state index contributed by atoms with van der Waals surface area (Å²) in [6.45, 7) is 3.63. The molecule has 0 unspecified atom stereocenters. The highest BCUT2D eigenvalue weighted by molar-refractivity contribution is 7.92. The molecule has 0 bridgehead atoms. The zero-order valence-electron chi connectivity index (χ0n) is 16.4. The first-order valence-electron chi connectivity index (χ1n) is 9.21. The normalized spacial score (nSPS) is 11.8. The third-order valence-electron chi connectivity index (χ3n) is 4.15. The molecule has 1 aromatic rings. The van der Waals surface area contributed by atoms with Crippen molar-refractivity contribution in [1.82, 2.24) is 9.80 Å².